The predicted molar refractivity (Wildman–Crippen MR) is 79.5 cm³/mol. The highest BCUT2D eigenvalue weighted by atomic mass is 19.4. The molecule has 1 N–H and O–H groups in total. The second-order valence-electron chi connectivity index (χ2n) is 5.27. The van der Waals surface area contributed by atoms with Gasteiger partial charge in [-0.05, 0) is 18.1 Å². The van der Waals surface area contributed by atoms with Gasteiger partial charge >= 0.3 is 12.1 Å². The van der Waals surface area contributed by atoms with E-state index >= 15 is 0 Å². The summed E-state index contributed by atoms with van der Waals surface area (Å²) in [5, 5.41) is 1.75. The van der Waals surface area contributed by atoms with Gasteiger partial charge in [-0.25, -0.2) is 0 Å². The highest BCUT2D eigenvalue weighted by Crippen LogP contribution is 2.19. The van der Waals surface area contributed by atoms with Crippen molar-refractivity contribution in [1.29, 1.82) is 0 Å². The standard InChI is InChI=1S/C16H17F3N2O3/c1-24-13-9-5-8-12(20-15(23)16(17,18)19)14(22)21(13)10-11-6-3-2-4-7-11/h2-7,9,12-13H,8,10H2,1H3,(H,20,23)/t12-,13-/m0/s1. The van der Waals surface area contributed by atoms with Crippen LogP contribution >= 0.6 is 0 Å². The lowest BCUT2D eigenvalue weighted by atomic mass is 10.1. The van der Waals surface area contributed by atoms with Crippen molar-refractivity contribution >= 4 is 11.8 Å². The summed E-state index contributed by atoms with van der Waals surface area (Å²) in [7, 11) is 1.40. The number of carbonyl (C=O) groups excluding carboxylic acids is 2. The van der Waals surface area contributed by atoms with Crippen LogP contribution in [0.3, 0.4) is 0 Å². The Morgan fingerprint density at radius 2 is 2.00 bits per heavy atom. The number of hydrogen-bond acceptors (Lipinski definition) is 3. The third-order valence-electron chi connectivity index (χ3n) is 3.56. The van der Waals surface area contributed by atoms with E-state index in [1.54, 1.807) is 35.7 Å². The molecule has 0 unspecified atom stereocenters. The Kier molecular flexibility index (Phi) is 5.61. The summed E-state index contributed by atoms with van der Waals surface area (Å²) < 4.78 is 42.6. The highest BCUT2D eigenvalue weighted by molar-refractivity contribution is 5.90. The fourth-order valence-electron chi connectivity index (χ4n) is 2.38. The van der Waals surface area contributed by atoms with Gasteiger partial charge in [0.25, 0.3) is 0 Å². The summed E-state index contributed by atoms with van der Waals surface area (Å²) in [6, 6.07) is 7.68. The zero-order valence-corrected chi connectivity index (χ0v) is 12.9. The van der Waals surface area contributed by atoms with E-state index in [1.807, 2.05) is 6.07 Å². The van der Waals surface area contributed by atoms with E-state index in [4.69, 9.17) is 4.74 Å². The lowest BCUT2D eigenvalue weighted by molar-refractivity contribution is -0.175. The molecule has 1 heterocycles. The molecule has 0 saturated carbocycles. The van der Waals surface area contributed by atoms with Gasteiger partial charge in [-0.15, -0.1) is 0 Å². The molecule has 1 aromatic rings. The van der Waals surface area contributed by atoms with E-state index in [2.05, 4.69) is 0 Å². The first-order valence-corrected chi connectivity index (χ1v) is 7.24. The fourth-order valence-corrected chi connectivity index (χ4v) is 2.38. The molecule has 0 saturated heterocycles. The number of carbonyl (C=O) groups is 2. The van der Waals surface area contributed by atoms with Crippen LogP contribution in [0, 0.1) is 0 Å². The third kappa shape index (κ3) is 4.35. The van der Waals surface area contributed by atoms with Crippen molar-refractivity contribution in [1.82, 2.24) is 10.2 Å². The first-order chi connectivity index (χ1) is 11.3. The second-order valence-corrected chi connectivity index (χ2v) is 5.27. The Morgan fingerprint density at radius 3 is 2.58 bits per heavy atom. The topological polar surface area (TPSA) is 58.6 Å². The average molecular weight is 342 g/mol. The molecule has 0 spiro atoms. The molecule has 0 aromatic heterocycles. The van der Waals surface area contributed by atoms with E-state index in [1.165, 1.54) is 18.1 Å². The van der Waals surface area contributed by atoms with Gasteiger partial charge in [0.1, 0.15) is 6.04 Å². The van der Waals surface area contributed by atoms with Gasteiger partial charge in [0, 0.05) is 13.7 Å². The van der Waals surface area contributed by atoms with Crippen LogP contribution in [0.2, 0.25) is 0 Å². The van der Waals surface area contributed by atoms with Gasteiger partial charge in [-0.3, -0.25) is 9.59 Å². The van der Waals surface area contributed by atoms with Crippen molar-refractivity contribution in [3.05, 3.63) is 48.0 Å². The maximum Gasteiger partial charge on any atom is 0.471 e. The van der Waals surface area contributed by atoms with Gasteiger partial charge in [0.15, 0.2) is 6.23 Å². The van der Waals surface area contributed by atoms with E-state index in [9.17, 15) is 22.8 Å². The Bertz CT molecular complexity index is 617. The summed E-state index contributed by atoms with van der Waals surface area (Å²) in [5.74, 6) is -2.77. The van der Waals surface area contributed by atoms with Crippen molar-refractivity contribution in [2.75, 3.05) is 7.11 Å². The van der Waals surface area contributed by atoms with Crippen molar-refractivity contribution in [3.63, 3.8) is 0 Å². The number of benzene rings is 1. The minimum atomic E-state index is -5.04. The smallest absolute Gasteiger partial charge is 0.358 e. The zero-order valence-electron chi connectivity index (χ0n) is 12.9. The molecule has 5 nitrogen and oxygen atoms in total. The molecular formula is C16H17F3N2O3. The SMILES string of the molecule is CO[C@H]1C=CC[C@H](NC(=O)C(F)(F)F)C(=O)N1Cc1ccccc1. The normalized spacial score (nSPS) is 21.5. The number of methoxy groups -OCH3 is 1. The predicted octanol–water partition coefficient (Wildman–Crippen LogP) is 1.99. The monoisotopic (exact) mass is 342 g/mol. The maximum absolute atomic E-state index is 12.6. The Morgan fingerprint density at radius 1 is 1.33 bits per heavy atom. The maximum atomic E-state index is 12.6. The van der Waals surface area contributed by atoms with Gasteiger partial charge in [0.2, 0.25) is 5.91 Å². The van der Waals surface area contributed by atoms with Crippen molar-refractivity contribution in [3.8, 4) is 0 Å². The number of amides is 2. The Hall–Kier alpha value is -2.35. The molecule has 0 fully saturated rings. The lowest BCUT2D eigenvalue weighted by Crippen LogP contribution is -2.52. The minimum absolute atomic E-state index is 0.0359. The quantitative estimate of drug-likeness (QED) is 0.852. The number of nitrogens with one attached hydrogen (secondary N) is 1. The van der Waals surface area contributed by atoms with E-state index < -0.39 is 30.3 Å². The number of hydrogen-bond donors (Lipinski definition) is 1. The summed E-state index contributed by atoms with van der Waals surface area (Å²) in [6.07, 6.45) is -2.68. The molecule has 0 bridgehead atoms. The van der Waals surface area contributed by atoms with E-state index in [-0.39, 0.29) is 13.0 Å². The molecule has 2 rings (SSSR count). The molecule has 0 radical (unpaired) electrons. The van der Waals surface area contributed by atoms with Gasteiger partial charge in [-0.1, -0.05) is 36.4 Å². The molecule has 2 atom stereocenters. The van der Waals surface area contributed by atoms with Gasteiger partial charge < -0.3 is 15.0 Å². The molecule has 24 heavy (non-hydrogen) atoms. The van der Waals surface area contributed by atoms with E-state index in [0.717, 1.165) is 5.56 Å². The Labute approximate surface area is 137 Å². The van der Waals surface area contributed by atoms with Gasteiger partial charge in [-0.2, -0.15) is 13.2 Å². The number of nitrogens with zero attached hydrogens (tertiary/aromatic N) is 1. The average Bonchev–Trinajstić information content (AvgIpc) is 2.68. The molecule has 1 aromatic carbocycles. The summed E-state index contributed by atoms with van der Waals surface area (Å²) >= 11 is 0. The molecular weight excluding hydrogens is 325 g/mol. The van der Waals surface area contributed by atoms with Crippen LogP contribution in [0.1, 0.15) is 12.0 Å². The molecule has 8 heteroatoms. The zero-order chi connectivity index (χ0) is 17.7. The summed E-state index contributed by atoms with van der Waals surface area (Å²) in [5.41, 5.74) is 0.795. The van der Waals surface area contributed by atoms with Crippen LogP contribution in [-0.4, -0.2) is 42.3 Å². The molecule has 130 valence electrons. The lowest BCUT2D eigenvalue weighted by Gasteiger charge is -2.30. The Balaban J connectivity index is 2.20. The van der Waals surface area contributed by atoms with Crippen LogP contribution in [0.5, 0.6) is 0 Å². The molecule has 1 aliphatic rings. The van der Waals surface area contributed by atoms with Crippen LogP contribution < -0.4 is 5.32 Å². The number of halogens is 3. The van der Waals surface area contributed by atoms with Crippen molar-refractivity contribution < 1.29 is 27.5 Å². The van der Waals surface area contributed by atoms with Crippen LogP contribution in [0.15, 0.2) is 42.5 Å². The first kappa shape index (κ1) is 18.0. The number of alkyl halides is 3. The number of ether oxygens (including phenoxy) is 1. The summed E-state index contributed by atoms with van der Waals surface area (Å²) in [4.78, 5) is 25.0. The fraction of sp³-hybridized carbons (Fsp3) is 0.375. The molecule has 0 aliphatic carbocycles. The molecule has 2 amide bonds. The first-order valence-electron chi connectivity index (χ1n) is 7.24. The highest BCUT2D eigenvalue weighted by Gasteiger charge is 2.42. The van der Waals surface area contributed by atoms with Crippen LogP contribution in [0.4, 0.5) is 13.2 Å². The summed E-state index contributed by atoms with van der Waals surface area (Å²) in [6.45, 7) is 0.154. The van der Waals surface area contributed by atoms with Gasteiger partial charge in [0.05, 0.1) is 0 Å². The number of rotatable bonds is 4. The van der Waals surface area contributed by atoms with Crippen LogP contribution in [-0.2, 0) is 20.9 Å². The van der Waals surface area contributed by atoms with E-state index in [0.29, 0.717) is 0 Å². The third-order valence-corrected chi connectivity index (χ3v) is 3.56. The largest absolute Gasteiger partial charge is 0.471 e. The van der Waals surface area contributed by atoms with Crippen molar-refractivity contribution in [2.24, 2.45) is 0 Å². The second kappa shape index (κ2) is 7.48. The minimum Gasteiger partial charge on any atom is -0.358 e. The molecule has 1 aliphatic heterocycles. The van der Waals surface area contributed by atoms with Crippen LogP contribution in [0.25, 0.3) is 0 Å². The van der Waals surface area contributed by atoms with Crippen molar-refractivity contribution in [2.45, 2.75) is 31.4 Å².